The molecule has 0 amide bonds. The zero-order valence-electron chi connectivity index (χ0n) is 7.59. The van der Waals surface area contributed by atoms with Gasteiger partial charge in [0.05, 0.1) is 11.1 Å². The van der Waals surface area contributed by atoms with Crippen LogP contribution in [-0.2, 0) is 4.74 Å². The molecule has 0 aromatic carbocycles. The zero-order chi connectivity index (χ0) is 8.77. The molecule has 0 aromatic rings. The van der Waals surface area contributed by atoms with Crippen LogP contribution in [0.4, 0.5) is 0 Å². The van der Waals surface area contributed by atoms with Crippen LogP contribution in [0.1, 0.15) is 33.1 Å². The van der Waals surface area contributed by atoms with Gasteiger partial charge in [0.25, 0.3) is 0 Å². The van der Waals surface area contributed by atoms with Crippen molar-refractivity contribution >= 4 is 17.2 Å². The summed E-state index contributed by atoms with van der Waals surface area (Å²) in [7, 11) is 0. The Balaban J connectivity index is 2.15. The molecule has 1 aliphatic heterocycles. The van der Waals surface area contributed by atoms with Crippen LogP contribution in [0.2, 0.25) is 0 Å². The molecule has 2 rings (SSSR count). The first kappa shape index (κ1) is 8.45. The minimum absolute atomic E-state index is 0.247. The largest absolute Gasteiger partial charge is 0.353 e. The molecule has 2 atom stereocenters. The van der Waals surface area contributed by atoms with Gasteiger partial charge in [-0.1, -0.05) is 18.6 Å². The van der Waals surface area contributed by atoms with E-state index in [-0.39, 0.29) is 5.72 Å². The van der Waals surface area contributed by atoms with Crippen molar-refractivity contribution < 1.29 is 4.74 Å². The highest BCUT2D eigenvalue weighted by atomic mass is 32.1. The van der Waals surface area contributed by atoms with E-state index in [1.165, 1.54) is 19.3 Å². The van der Waals surface area contributed by atoms with E-state index in [1.807, 2.05) is 13.8 Å². The molecule has 1 heterocycles. The van der Waals surface area contributed by atoms with E-state index in [1.54, 1.807) is 0 Å². The molecule has 12 heavy (non-hydrogen) atoms. The van der Waals surface area contributed by atoms with Gasteiger partial charge in [0.15, 0.2) is 0 Å². The lowest BCUT2D eigenvalue weighted by Gasteiger charge is -2.40. The summed E-state index contributed by atoms with van der Waals surface area (Å²) in [4.78, 5) is 1.01. The van der Waals surface area contributed by atoms with Crippen molar-refractivity contribution in [3.05, 3.63) is 0 Å². The highest BCUT2D eigenvalue weighted by molar-refractivity contribution is 7.80. The predicted molar refractivity (Wildman–Crippen MR) is 52.0 cm³/mol. The minimum atomic E-state index is -0.247. The third-order valence-electron chi connectivity index (χ3n) is 2.66. The van der Waals surface area contributed by atoms with Gasteiger partial charge in [-0.15, -0.1) is 0 Å². The van der Waals surface area contributed by atoms with Gasteiger partial charge in [-0.3, -0.25) is 0 Å². The Hall–Kier alpha value is -0.150. The molecule has 2 fully saturated rings. The number of hydrogen-bond donors (Lipinski definition) is 1. The molecule has 1 N–H and O–H groups in total. The summed E-state index contributed by atoms with van der Waals surface area (Å²) in [6, 6.07) is 0. The molecule has 3 heteroatoms. The summed E-state index contributed by atoms with van der Waals surface area (Å²) in [5.41, 5.74) is -0.247. The second-order valence-electron chi connectivity index (χ2n) is 4.19. The van der Waals surface area contributed by atoms with Gasteiger partial charge in [-0.2, -0.15) is 0 Å². The second kappa shape index (κ2) is 2.67. The van der Waals surface area contributed by atoms with E-state index < -0.39 is 0 Å². The first-order valence-electron chi connectivity index (χ1n) is 4.58. The van der Waals surface area contributed by atoms with E-state index in [4.69, 9.17) is 17.0 Å². The lowest BCUT2D eigenvalue weighted by Crippen LogP contribution is -2.56. The maximum atomic E-state index is 5.87. The van der Waals surface area contributed by atoms with Crippen LogP contribution in [0.15, 0.2) is 0 Å². The highest BCUT2D eigenvalue weighted by Gasteiger charge is 2.40. The summed E-state index contributed by atoms with van der Waals surface area (Å²) in [6.45, 7) is 4.07. The first-order chi connectivity index (χ1) is 5.58. The molecule has 0 radical (unpaired) electrons. The average Bonchev–Trinajstić information content (AvgIpc) is 2.31. The number of thiocarbonyl (C=S) groups is 1. The van der Waals surface area contributed by atoms with Crippen molar-refractivity contribution in [1.82, 2.24) is 5.32 Å². The van der Waals surface area contributed by atoms with Crippen LogP contribution in [0, 0.1) is 5.92 Å². The summed E-state index contributed by atoms with van der Waals surface area (Å²) >= 11 is 5.30. The molecular weight excluding hydrogens is 170 g/mol. The number of rotatable bonds is 0. The fourth-order valence-electron chi connectivity index (χ4n) is 2.16. The Morgan fingerprint density at radius 1 is 1.50 bits per heavy atom. The number of fused-ring (bicyclic) bond motifs is 1. The fourth-order valence-corrected chi connectivity index (χ4v) is 2.68. The van der Waals surface area contributed by atoms with Crippen molar-refractivity contribution in [2.75, 3.05) is 0 Å². The van der Waals surface area contributed by atoms with Crippen molar-refractivity contribution in [2.24, 2.45) is 5.92 Å². The Labute approximate surface area is 78.7 Å². The summed E-state index contributed by atoms with van der Waals surface area (Å²) in [5.74, 6) is 0.494. The maximum absolute atomic E-state index is 5.87. The topological polar surface area (TPSA) is 21.3 Å². The summed E-state index contributed by atoms with van der Waals surface area (Å²) < 4.78 is 5.87. The Bertz CT molecular complexity index is 215. The van der Waals surface area contributed by atoms with E-state index in [2.05, 4.69) is 5.32 Å². The Morgan fingerprint density at radius 2 is 2.25 bits per heavy atom. The molecule has 68 valence electrons. The third kappa shape index (κ3) is 1.36. The molecule has 0 aromatic heterocycles. The van der Waals surface area contributed by atoms with Crippen molar-refractivity contribution in [3.63, 3.8) is 0 Å². The number of nitrogens with one attached hydrogen (secondary N) is 1. The molecule has 0 bridgehead atoms. The van der Waals surface area contributed by atoms with E-state index >= 15 is 0 Å². The average molecular weight is 185 g/mol. The molecule has 0 unspecified atom stereocenters. The minimum Gasteiger partial charge on any atom is -0.353 e. The maximum Gasteiger partial charge on any atom is 0.133 e. The van der Waals surface area contributed by atoms with Gasteiger partial charge in [0.1, 0.15) is 5.72 Å². The van der Waals surface area contributed by atoms with Crippen LogP contribution in [-0.4, -0.2) is 16.8 Å². The smallest absolute Gasteiger partial charge is 0.133 e. The Morgan fingerprint density at radius 3 is 3.00 bits per heavy atom. The quantitative estimate of drug-likeness (QED) is 0.582. The first-order valence-corrected chi connectivity index (χ1v) is 4.99. The predicted octanol–water partition coefficient (Wildman–Crippen LogP) is 1.84. The molecule has 1 saturated heterocycles. The SMILES string of the molecule is CC1(C)NC(=S)[C@H]2CCC[C@H]2O1. The van der Waals surface area contributed by atoms with Crippen LogP contribution < -0.4 is 5.32 Å². The van der Waals surface area contributed by atoms with Crippen LogP contribution >= 0.6 is 12.2 Å². The zero-order valence-corrected chi connectivity index (χ0v) is 8.41. The summed E-state index contributed by atoms with van der Waals surface area (Å²) in [6.07, 6.45) is 4.02. The van der Waals surface area contributed by atoms with Crippen LogP contribution in [0.25, 0.3) is 0 Å². The van der Waals surface area contributed by atoms with Crippen LogP contribution in [0.3, 0.4) is 0 Å². The van der Waals surface area contributed by atoms with E-state index in [9.17, 15) is 0 Å². The number of ether oxygens (including phenoxy) is 1. The van der Waals surface area contributed by atoms with Crippen LogP contribution in [0.5, 0.6) is 0 Å². The lowest BCUT2D eigenvalue weighted by atomic mass is 10.0. The molecule has 2 aliphatic rings. The third-order valence-corrected chi connectivity index (χ3v) is 3.06. The van der Waals surface area contributed by atoms with Gasteiger partial charge in [-0.25, -0.2) is 0 Å². The normalized spacial score (nSPS) is 39.0. The van der Waals surface area contributed by atoms with E-state index in [0.29, 0.717) is 12.0 Å². The lowest BCUT2D eigenvalue weighted by molar-refractivity contribution is -0.101. The molecule has 0 spiro atoms. The van der Waals surface area contributed by atoms with Gasteiger partial charge in [-0.05, 0) is 26.7 Å². The van der Waals surface area contributed by atoms with Gasteiger partial charge in [0, 0.05) is 5.92 Å². The van der Waals surface area contributed by atoms with Gasteiger partial charge >= 0.3 is 0 Å². The highest BCUT2D eigenvalue weighted by Crippen LogP contribution is 2.35. The monoisotopic (exact) mass is 185 g/mol. The van der Waals surface area contributed by atoms with Gasteiger partial charge in [0.2, 0.25) is 0 Å². The fraction of sp³-hybridized carbons (Fsp3) is 0.889. The standard InChI is InChI=1S/C9H15NOS/c1-9(2)10-8(12)6-4-3-5-7(6)11-9/h6-7H,3-5H2,1-2H3,(H,10,12)/t6-,7+/m0/s1. The van der Waals surface area contributed by atoms with Crippen molar-refractivity contribution in [1.29, 1.82) is 0 Å². The second-order valence-corrected chi connectivity index (χ2v) is 4.63. The number of hydrogen-bond acceptors (Lipinski definition) is 2. The molecule has 1 aliphatic carbocycles. The Kier molecular flexibility index (Phi) is 1.88. The summed E-state index contributed by atoms with van der Waals surface area (Å²) in [5, 5.41) is 3.24. The van der Waals surface area contributed by atoms with E-state index in [0.717, 1.165) is 4.99 Å². The van der Waals surface area contributed by atoms with Gasteiger partial charge < -0.3 is 10.1 Å². The van der Waals surface area contributed by atoms with Crippen molar-refractivity contribution in [2.45, 2.75) is 44.9 Å². The molecule has 1 saturated carbocycles. The van der Waals surface area contributed by atoms with Crippen molar-refractivity contribution in [3.8, 4) is 0 Å². The molecular formula is C9H15NOS. The molecule has 2 nitrogen and oxygen atoms in total.